The molecule has 5 rings (SSSR count). The number of aryl methyl sites for hydroxylation is 2. The van der Waals surface area contributed by atoms with Crippen LogP contribution >= 0.6 is 0 Å². The highest BCUT2D eigenvalue weighted by molar-refractivity contribution is 6.01. The minimum absolute atomic E-state index is 0.0375. The molecule has 1 saturated heterocycles. The first-order chi connectivity index (χ1) is 17.4. The molecular weight excluding hydrogens is 450 g/mol. The number of nitrogens with one attached hydrogen (secondary N) is 1. The maximum absolute atomic E-state index is 13.6. The summed E-state index contributed by atoms with van der Waals surface area (Å²) in [6, 6.07) is 13.7. The quantitative estimate of drug-likeness (QED) is 0.588. The second kappa shape index (κ2) is 9.93. The zero-order valence-electron chi connectivity index (χ0n) is 20.9. The minimum atomic E-state index is -0.275. The van der Waals surface area contributed by atoms with Crippen molar-refractivity contribution in [2.45, 2.75) is 39.3 Å². The first-order valence-corrected chi connectivity index (χ1v) is 12.4. The smallest absolute Gasteiger partial charge is 0.254 e. The van der Waals surface area contributed by atoms with Crippen molar-refractivity contribution in [2.75, 3.05) is 19.6 Å². The highest BCUT2D eigenvalue weighted by Crippen LogP contribution is 2.26. The molecule has 0 spiro atoms. The Morgan fingerprint density at radius 1 is 0.972 bits per heavy atom. The number of rotatable bonds is 5. The van der Waals surface area contributed by atoms with Crippen molar-refractivity contribution in [1.29, 1.82) is 0 Å². The number of aromatic nitrogens is 2. The first-order valence-electron chi connectivity index (χ1n) is 12.4. The SMILES string of the molecule is Cc1ccc(-c2cc(C(=O)NC(C)c3cnc(C)nc3)cc(C(=O)N3CCN4C=CC[C@@H]4C3)c2)cc1. The van der Waals surface area contributed by atoms with Crippen molar-refractivity contribution in [1.82, 2.24) is 25.1 Å². The number of piperazine rings is 1. The normalized spacial score (nSPS) is 17.6. The predicted octanol–water partition coefficient (Wildman–Crippen LogP) is 4.30. The fraction of sp³-hybridized carbons (Fsp3) is 0.310. The van der Waals surface area contributed by atoms with E-state index in [9.17, 15) is 9.59 Å². The third kappa shape index (κ3) is 5.00. The van der Waals surface area contributed by atoms with Crippen LogP contribution < -0.4 is 5.32 Å². The fourth-order valence-corrected chi connectivity index (χ4v) is 4.78. The van der Waals surface area contributed by atoms with Crippen LogP contribution in [0, 0.1) is 13.8 Å². The molecule has 36 heavy (non-hydrogen) atoms. The van der Waals surface area contributed by atoms with Gasteiger partial charge in [-0.25, -0.2) is 9.97 Å². The number of benzene rings is 2. The van der Waals surface area contributed by atoms with Gasteiger partial charge in [-0.15, -0.1) is 0 Å². The standard InChI is InChI=1S/C29H31N5O2/c1-19-6-8-22(9-7-19)23-13-24(28(35)32-20(2)26-16-30-21(3)31-17-26)15-25(14-23)29(36)34-12-11-33-10-4-5-27(33)18-34/h4,6-10,13-17,20,27H,5,11-12,18H2,1-3H3,(H,32,35)/t20?,27-/m1/s1. The molecule has 2 aliphatic rings. The van der Waals surface area contributed by atoms with E-state index in [-0.39, 0.29) is 17.9 Å². The average Bonchev–Trinajstić information content (AvgIpc) is 3.37. The van der Waals surface area contributed by atoms with E-state index >= 15 is 0 Å². The van der Waals surface area contributed by atoms with E-state index in [0.29, 0.717) is 36.1 Å². The van der Waals surface area contributed by atoms with Crippen molar-refractivity contribution in [3.05, 3.63) is 95.2 Å². The van der Waals surface area contributed by atoms with Crippen LogP contribution in [0.3, 0.4) is 0 Å². The maximum atomic E-state index is 13.6. The molecular formula is C29H31N5O2. The maximum Gasteiger partial charge on any atom is 0.254 e. The van der Waals surface area contributed by atoms with Crippen LogP contribution in [0.15, 0.2) is 67.1 Å². The Bertz CT molecular complexity index is 1300. The molecule has 3 heterocycles. The largest absolute Gasteiger partial charge is 0.371 e. The van der Waals surface area contributed by atoms with Gasteiger partial charge in [-0.3, -0.25) is 9.59 Å². The summed E-state index contributed by atoms with van der Waals surface area (Å²) in [7, 11) is 0. The van der Waals surface area contributed by atoms with Gasteiger partial charge in [-0.2, -0.15) is 0 Å². The summed E-state index contributed by atoms with van der Waals surface area (Å²) in [5.41, 5.74) is 4.78. The zero-order valence-corrected chi connectivity index (χ0v) is 20.9. The molecule has 7 nitrogen and oxygen atoms in total. The van der Waals surface area contributed by atoms with E-state index in [1.54, 1.807) is 18.5 Å². The Hall–Kier alpha value is -4.00. The Morgan fingerprint density at radius 3 is 2.44 bits per heavy atom. The van der Waals surface area contributed by atoms with Gasteiger partial charge in [-0.05, 0) is 62.7 Å². The van der Waals surface area contributed by atoms with Gasteiger partial charge >= 0.3 is 0 Å². The number of carbonyl (C=O) groups is 2. The van der Waals surface area contributed by atoms with Crippen LogP contribution in [-0.4, -0.2) is 57.3 Å². The molecule has 7 heteroatoms. The number of amides is 2. The topological polar surface area (TPSA) is 78.4 Å². The minimum Gasteiger partial charge on any atom is -0.371 e. The van der Waals surface area contributed by atoms with Gasteiger partial charge in [0.25, 0.3) is 11.8 Å². The molecule has 2 aromatic carbocycles. The lowest BCUT2D eigenvalue weighted by Gasteiger charge is -2.38. The molecule has 1 aromatic heterocycles. The predicted molar refractivity (Wildman–Crippen MR) is 139 cm³/mol. The molecule has 0 bridgehead atoms. The number of hydrogen-bond donors (Lipinski definition) is 1. The van der Waals surface area contributed by atoms with E-state index in [1.807, 2.05) is 62.1 Å². The Labute approximate surface area is 211 Å². The van der Waals surface area contributed by atoms with E-state index < -0.39 is 0 Å². The average molecular weight is 482 g/mol. The van der Waals surface area contributed by atoms with Gasteiger partial charge in [0.2, 0.25) is 0 Å². The van der Waals surface area contributed by atoms with Gasteiger partial charge in [0, 0.05) is 54.8 Å². The van der Waals surface area contributed by atoms with E-state index in [4.69, 9.17) is 0 Å². The fourth-order valence-electron chi connectivity index (χ4n) is 4.78. The highest BCUT2D eigenvalue weighted by Gasteiger charge is 2.30. The monoisotopic (exact) mass is 481 g/mol. The molecule has 2 amide bonds. The summed E-state index contributed by atoms with van der Waals surface area (Å²) in [6.07, 6.45) is 8.71. The number of nitrogens with zero attached hydrogens (tertiary/aromatic N) is 4. The summed E-state index contributed by atoms with van der Waals surface area (Å²) in [6.45, 7) is 7.94. The molecule has 1 N–H and O–H groups in total. The highest BCUT2D eigenvalue weighted by atomic mass is 16.2. The molecule has 0 radical (unpaired) electrons. The number of carbonyl (C=O) groups excluding carboxylic acids is 2. The summed E-state index contributed by atoms with van der Waals surface area (Å²) in [5.74, 6) is 0.404. The third-order valence-electron chi connectivity index (χ3n) is 7.00. The molecule has 0 saturated carbocycles. The van der Waals surface area contributed by atoms with Crippen molar-refractivity contribution < 1.29 is 9.59 Å². The van der Waals surface area contributed by atoms with E-state index in [0.717, 1.165) is 35.2 Å². The number of fused-ring (bicyclic) bond motifs is 1. The van der Waals surface area contributed by atoms with Gasteiger partial charge in [0.1, 0.15) is 5.82 Å². The van der Waals surface area contributed by atoms with Gasteiger partial charge in [-0.1, -0.05) is 35.9 Å². The molecule has 0 aliphatic carbocycles. The van der Waals surface area contributed by atoms with Crippen molar-refractivity contribution in [2.24, 2.45) is 0 Å². The van der Waals surface area contributed by atoms with Gasteiger partial charge in [0.15, 0.2) is 0 Å². The summed E-state index contributed by atoms with van der Waals surface area (Å²) in [5, 5.41) is 3.04. The van der Waals surface area contributed by atoms with Crippen LogP contribution in [0.1, 0.15) is 57.1 Å². The molecule has 1 unspecified atom stereocenters. The van der Waals surface area contributed by atoms with Crippen LogP contribution in [0.25, 0.3) is 11.1 Å². The first kappa shape index (κ1) is 23.7. The summed E-state index contributed by atoms with van der Waals surface area (Å²) >= 11 is 0. The van der Waals surface area contributed by atoms with Gasteiger partial charge < -0.3 is 15.1 Å². The molecule has 2 atom stereocenters. The lowest BCUT2D eigenvalue weighted by Crippen LogP contribution is -2.51. The van der Waals surface area contributed by atoms with E-state index in [1.165, 1.54) is 0 Å². The zero-order chi connectivity index (χ0) is 25.2. The molecule has 2 aliphatic heterocycles. The van der Waals surface area contributed by atoms with Gasteiger partial charge in [0.05, 0.1) is 6.04 Å². The Morgan fingerprint density at radius 2 is 1.69 bits per heavy atom. The molecule has 1 fully saturated rings. The second-order valence-electron chi connectivity index (χ2n) is 9.69. The van der Waals surface area contributed by atoms with Crippen LogP contribution in [0.4, 0.5) is 0 Å². The Kier molecular flexibility index (Phi) is 6.55. The van der Waals surface area contributed by atoms with Crippen molar-refractivity contribution in [3.63, 3.8) is 0 Å². The summed E-state index contributed by atoms with van der Waals surface area (Å²) < 4.78 is 0. The molecule has 184 valence electrons. The molecule has 3 aromatic rings. The Balaban J connectivity index is 1.44. The summed E-state index contributed by atoms with van der Waals surface area (Å²) in [4.78, 5) is 39.6. The van der Waals surface area contributed by atoms with Crippen LogP contribution in [0.5, 0.6) is 0 Å². The van der Waals surface area contributed by atoms with Crippen LogP contribution in [0.2, 0.25) is 0 Å². The van der Waals surface area contributed by atoms with Crippen LogP contribution in [-0.2, 0) is 0 Å². The van der Waals surface area contributed by atoms with Crippen molar-refractivity contribution >= 4 is 11.8 Å². The van der Waals surface area contributed by atoms with E-state index in [2.05, 4.69) is 32.5 Å². The second-order valence-corrected chi connectivity index (χ2v) is 9.69. The number of hydrogen-bond acceptors (Lipinski definition) is 5. The lowest BCUT2D eigenvalue weighted by molar-refractivity contribution is 0.0608. The lowest BCUT2D eigenvalue weighted by atomic mass is 9.97. The third-order valence-corrected chi connectivity index (χ3v) is 7.00. The van der Waals surface area contributed by atoms with Crippen molar-refractivity contribution in [3.8, 4) is 11.1 Å².